The number of hydrogen-bond acceptors (Lipinski definition) is 7. The lowest BCUT2D eigenvalue weighted by Crippen LogP contribution is -2.46. The standard InChI is InChI=1S/C12H14F6N6O3P/c1-3-9(11(13,14)15,7-19-5-21-23-7)26-28(25)27-10(4-2,12(16,17)18)8-20-6-22-24-8/h5-6H,3-4H2,1-2H3,(H,19,21,23)(H,20,22,24)/q+1. The first-order valence-corrected chi connectivity index (χ1v) is 8.73. The summed E-state index contributed by atoms with van der Waals surface area (Å²) in [6.45, 7) is 2.04. The first-order chi connectivity index (χ1) is 12.9. The topological polar surface area (TPSA) is 119 Å². The van der Waals surface area contributed by atoms with Crippen LogP contribution in [0.1, 0.15) is 38.3 Å². The van der Waals surface area contributed by atoms with Gasteiger partial charge in [0.2, 0.25) is 0 Å². The average molecular weight is 435 g/mol. The van der Waals surface area contributed by atoms with E-state index < -0.39 is 56.3 Å². The van der Waals surface area contributed by atoms with Crippen LogP contribution in [0.15, 0.2) is 12.7 Å². The van der Waals surface area contributed by atoms with Crippen molar-refractivity contribution in [3.05, 3.63) is 24.3 Å². The van der Waals surface area contributed by atoms with Gasteiger partial charge in [-0.3, -0.25) is 10.2 Å². The van der Waals surface area contributed by atoms with Crippen molar-refractivity contribution in [3.63, 3.8) is 0 Å². The van der Waals surface area contributed by atoms with Crippen molar-refractivity contribution in [2.75, 3.05) is 0 Å². The summed E-state index contributed by atoms with van der Waals surface area (Å²) >= 11 is 0. The predicted octanol–water partition coefficient (Wildman–Crippen LogP) is 3.65. The molecule has 0 saturated carbocycles. The van der Waals surface area contributed by atoms with Crippen molar-refractivity contribution >= 4 is 8.25 Å². The summed E-state index contributed by atoms with van der Waals surface area (Å²) in [7, 11) is -3.97. The van der Waals surface area contributed by atoms with E-state index in [2.05, 4.69) is 29.2 Å². The second kappa shape index (κ2) is 7.72. The first kappa shape index (κ1) is 22.2. The highest BCUT2D eigenvalue weighted by molar-refractivity contribution is 7.33. The van der Waals surface area contributed by atoms with E-state index in [0.717, 1.165) is 26.5 Å². The third-order valence-corrected chi connectivity index (χ3v) is 4.89. The molecule has 2 N–H and O–H groups in total. The molecule has 0 fully saturated rings. The smallest absolute Gasteiger partial charge is 0.260 e. The normalized spacial score (nSPS) is 17.8. The lowest BCUT2D eigenvalue weighted by molar-refractivity contribution is -0.276. The van der Waals surface area contributed by atoms with Crippen molar-refractivity contribution < 1.29 is 40.0 Å². The van der Waals surface area contributed by atoms with Gasteiger partial charge in [0, 0.05) is 4.57 Å². The fourth-order valence-electron chi connectivity index (χ4n) is 2.40. The Bertz CT molecular complexity index is 719. The van der Waals surface area contributed by atoms with Crippen LogP contribution in [0.3, 0.4) is 0 Å². The number of nitrogens with zero attached hydrogens (tertiary/aromatic N) is 4. The van der Waals surface area contributed by atoms with Crippen LogP contribution in [0.2, 0.25) is 0 Å². The number of H-pyrrole nitrogens is 2. The highest BCUT2D eigenvalue weighted by Crippen LogP contribution is 2.54. The van der Waals surface area contributed by atoms with Crippen LogP contribution in [-0.4, -0.2) is 42.7 Å². The number of nitrogens with one attached hydrogen (secondary N) is 2. The maximum absolute atomic E-state index is 13.7. The summed E-state index contributed by atoms with van der Waals surface area (Å²) in [4.78, 5) is 6.70. The molecule has 156 valence electrons. The maximum Gasteiger partial charge on any atom is 0.700 e. The van der Waals surface area contributed by atoms with Crippen molar-refractivity contribution in [1.82, 2.24) is 30.4 Å². The summed E-state index contributed by atoms with van der Waals surface area (Å²) in [5.41, 5.74) is -6.66. The second-order valence-corrected chi connectivity index (χ2v) is 6.24. The molecule has 0 aliphatic rings. The Morgan fingerprint density at radius 2 is 1.21 bits per heavy atom. The van der Waals surface area contributed by atoms with Gasteiger partial charge in [-0.25, -0.2) is 9.97 Å². The molecule has 2 aromatic rings. The fraction of sp³-hybridized carbons (Fsp3) is 0.667. The molecule has 2 heterocycles. The molecular weight excluding hydrogens is 421 g/mol. The summed E-state index contributed by atoms with van der Waals surface area (Å²) in [5, 5.41) is 10.4. The number of rotatable bonds is 8. The van der Waals surface area contributed by atoms with E-state index in [1.165, 1.54) is 0 Å². The van der Waals surface area contributed by atoms with E-state index >= 15 is 0 Å². The Kier molecular flexibility index (Phi) is 6.11. The molecule has 2 aromatic heterocycles. The molecular formula is C12H14F6N6O3P+. The third-order valence-electron chi connectivity index (χ3n) is 3.97. The van der Waals surface area contributed by atoms with Crippen molar-refractivity contribution in [1.29, 1.82) is 0 Å². The van der Waals surface area contributed by atoms with E-state index in [-0.39, 0.29) is 0 Å². The van der Waals surface area contributed by atoms with E-state index in [4.69, 9.17) is 0 Å². The van der Waals surface area contributed by atoms with E-state index in [9.17, 15) is 30.9 Å². The van der Waals surface area contributed by atoms with E-state index in [1.54, 1.807) is 0 Å². The van der Waals surface area contributed by atoms with Crippen molar-refractivity contribution in [3.8, 4) is 0 Å². The van der Waals surface area contributed by atoms with Crippen LogP contribution in [0.4, 0.5) is 26.3 Å². The minimum Gasteiger partial charge on any atom is -0.260 e. The molecule has 0 saturated heterocycles. The van der Waals surface area contributed by atoms with E-state index in [0.29, 0.717) is 0 Å². The number of aromatic nitrogens is 6. The van der Waals surface area contributed by atoms with Crippen LogP contribution >= 0.6 is 8.25 Å². The van der Waals surface area contributed by atoms with Crippen LogP contribution in [0.25, 0.3) is 0 Å². The molecule has 0 spiro atoms. The molecule has 0 radical (unpaired) electrons. The van der Waals surface area contributed by atoms with E-state index in [1.807, 2.05) is 10.2 Å². The molecule has 28 heavy (non-hydrogen) atoms. The molecule has 0 bridgehead atoms. The Labute approximate surface area is 154 Å². The lowest BCUT2D eigenvalue weighted by Gasteiger charge is -2.29. The minimum atomic E-state index is -5.20. The maximum atomic E-state index is 13.7. The molecule has 2 rings (SSSR count). The highest BCUT2D eigenvalue weighted by atomic mass is 31.1. The number of halogens is 6. The largest absolute Gasteiger partial charge is 0.700 e. The van der Waals surface area contributed by atoms with Gasteiger partial charge in [-0.05, 0) is 12.8 Å². The van der Waals surface area contributed by atoms with Gasteiger partial charge in [0.05, 0.1) is 0 Å². The zero-order chi connectivity index (χ0) is 21.2. The molecule has 2 unspecified atom stereocenters. The third kappa shape index (κ3) is 3.73. The van der Waals surface area contributed by atoms with Crippen LogP contribution in [-0.2, 0) is 24.8 Å². The monoisotopic (exact) mass is 435 g/mol. The molecule has 0 aliphatic carbocycles. The van der Waals surface area contributed by atoms with Gasteiger partial charge >= 0.3 is 20.6 Å². The summed E-state index contributed by atoms with van der Waals surface area (Å²) < 4.78 is 103. The minimum absolute atomic E-state index is 0.739. The van der Waals surface area contributed by atoms with Gasteiger partial charge < -0.3 is 0 Å². The summed E-state index contributed by atoms with van der Waals surface area (Å²) in [6.07, 6.45) is -10.7. The Hall–Kier alpha value is -2.12. The average Bonchev–Trinajstić information content (AvgIpc) is 3.28. The molecule has 0 amide bonds. The van der Waals surface area contributed by atoms with Crippen LogP contribution in [0, 0.1) is 0 Å². The van der Waals surface area contributed by atoms with Crippen molar-refractivity contribution in [2.45, 2.75) is 50.2 Å². The SMILES string of the molecule is CCC(O[P+](=O)OC(CC)(c1ncn[nH]1)C(F)(F)F)(c1ncn[nH]1)C(F)(F)F. The fourth-order valence-corrected chi connectivity index (χ4v) is 3.58. The number of aromatic amines is 2. The molecule has 2 atom stereocenters. The van der Waals surface area contributed by atoms with Gasteiger partial charge in [0.15, 0.2) is 11.6 Å². The van der Waals surface area contributed by atoms with Crippen LogP contribution < -0.4 is 0 Å². The summed E-state index contributed by atoms with van der Waals surface area (Å²) in [6, 6.07) is 0. The quantitative estimate of drug-likeness (QED) is 0.480. The second-order valence-electron chi connectivity index (χ2n) is 5.43. The van der Waals surface area contributed by atoms with Crippen molar-refractivity contribution in [2.24, 2.45) is 0 Å². The van der Waals surface area contributed by atoms with Gasteiger partial charge in [-0.2, -0.15) is 36.5 Å². The molecule has 16 heteroatoms. The Morgan fingerprint density at radius 1 is 0.857 bits per heavy atom. The molecule has 0 aromatic carbocycles. The van der Waals surface area contributed by atoms with Gasteiger partial charge in [-0.15, -0.1) is 0 Å². The zero-order valence-corrected chi connectivity index (χ0v) is 15.2. The number of alkyl halides is 6. The highest BCUT2D eigenvalue weighted by Gasteiger charge is 2.69. The molecule has 0 aliphatic heterocycles. The Morgan fingerprint density at radius 3 is 1.43 bits per heavy atom. The summed E-state index contributed by atoms with van der Waals surface area (Å²) in [5.74, 6) is -1.77. The molecule has 9 nitrogen and oxygen atoms in total. The Balaban J connectivity index is 2.43. The lowest BCUT2D eigenvalue weighted by atomic mass is 9.99. The number of hydrogen-bond donors (Lipinski definition) is 2. The van der Waals surface area contributed by atoms with Gasteiger partial charge in [-0.1, -0.05) is 22.9 Å². The van der Waals surface area contributed by atoms with Gasteiger partial charge in [0.1, 0.15) is 12.7 Å². The zero-order valence-electron chi connectivity index (χ0n) is 14.3. The predicted molar refractivity (Wildman–Crippen MR) is 78.6 cm³/mol. The van der Waals surface area contributed by atoms with Gasteiger partial charge in [0.25, 0.3) is 11.2 Å². The first-order valence-electron chi connectivity index (χ1n) is 7.64. The van der Waals surface area contributed by atoms with Crippen LogP contribution in [0.5, 0.6) is 0 Å².